The van der Waals surface area contributed by atoms with Gasteiger partial charge in [0, 0.05) is 17.8 Å². The third kappa shape index (κ3) is 3.70. The highest BCUT2D eigenvalue weighted by molar-refractivity contribution is 7.09. The molecule has 2 aromatic heterocycles. The lowest BCUT2D eigenvalue weighted by Crippen LogP contribution is -2.25. The minimum absolute atomic E-state index is 0.117. The van der Waals surface area contributed by atoms with Crippen LogP contribution in [0.5, 0.6) is 0 Å². The van der Waals surface area contributed by atoms with Gasteiger partial charge in [-0.2, -0.15) is 0 Å². The number of aromatic nitrogens is 2. The van der Waals surface area contributed by atoms with Crippen LogP contribution in [-0.4, -0.2) is 22.4 Å². The van der Waals surface area contributed by atoms with Crippen molar-refractivity contribution >= 4 is 28.3 Å². The van der Waals surface area contributed by atoms with Crippen molar-refractivity contribution < 1.29 is 4.79 Å². The maximum atomic E-state index is 11.8. The zero-order chi connectivity index (χ0) is 14.5. The first-order valence-corrected chi connectivity index (χ1v) is 7.90. The second kappa shape index (κ2) is 6.54. The van der Waals surface area contributed by atoms with Crippen LogP contribution in [0.3, 0.4) is 0 Å². The predicted octanol–water partition coefficient (Wildman–Crippen LogP) is 2.92. The summed E-state index contributed by atoms with van der Waals surface area (Å²) in [5.74, 6) is 0.117. The molecule has 2 N–H and O–H groups in total. The van der Waals surface area contributed by atoms with E-state index in [1.807, 2.05) is 17.5 Å². The molecule has 0 unspecified atom stereocenters. The molecule has 0 radical (unpaired) electrons. The fraction of sp³-hybridized carbons (Fsp3) is 0.250. The molecule has 0 bridgehead atoms. The molecule has 2 heterocycles. The Kier molecular flexibility index (Phi) is 4.31. The van der Waals surface area contributed by atoms with Crippen molar-refractivity contribution in [3.05, 3.63) is 52.5 Å². The fourth-order valence-electron chi connectivity index (χ4n) is 2.26. The van der Waals surface area contributed by atoms with E-state index in [0.29, 0.717) is 13.0 Å². The molecule has 21 heavy (non-hydrogen) atoms. The summed E-state index contributed by atoms with van der Waals surface area (Å²) < 4.78 is 0. The summed E-state index contributed by atoms with van der Waals surface area (Å²) in [4.78, 5) is 20.3. The minimum Gasteiger partial charge on any atom is -0.356 e. The Morgan fingerprint density at radius 3 is 3.10 bits per heavy atom. The first-order valence-electron chi connectivity index (χ1n) is 7.02. The van der Waals surface area contributed by atoms with Gasteiger partial charge in [-0.05, 0) is 42.0 Å². The van der Waals surface area contributed by atoms with Crippen LogP contribution in [0.15, 0.2) is 42.0 Å². The standard InChI is InChI=1S/C16H17N3OS/c20-16(6-4-13-2-1-9-21-13)17-8-7-12-3-5-14-15(10-12)19-11-18-14/h1-3,5,9-11H,4,6-8H2,(H,17,20)(H,18,19). The number of carbonyl (C=O) groups excluding carboxylic acids is 1. The number of hydrogen-bond acceptors (Lipinski definition) is 3. The van der Waals surface area contributed by atoms with Crippen molar-refractivity contribution in [2.75, 3.05) is 6.54 Å². The number of aryl methyl sites for hydroxylation is 1. The number of thiophene rings is 1. The van der Waals surface area contributed by atoms with Crippen molar-refractivity contribution in [2.45, 2.75) is 19.3 Å². The van der Waals surface area contributed by atoms with Gasteiger partial charge in [0.1, 0.15) is 0 Å². The monoisotopic (exact) mass is 299 g/mol. The second-order valence-corrected chi connectivity index (χ2v) is 5.97. The van der Waals surface area contributed by atoms with Gasteiger partial charge in [-0.1, -0.05) is 12.1 Å². The van der Waals surface area contributed by atoms with Gasteiger partial charge in [-0.25, -0.2) is 4.98 Å². The van der Waals surface area contributed by atoms with Gasteiger partial charge in [0.05, 0.1) is 17.4 Å². The predicted molar refractivity (Wildman–Crippen MR) is 85.4 cm³/mol. The molecule has 0 fully saturated rings. The number of carbonyl (C=O) groups is 1. The van der Waals surface area contributed by atoms with Crippen molar-refractivity contribution in [1.82, 2.24) is 15.3 Å². The number of hydrogen-bond donors (Lipinski definition) is 2. The van der Waals surface area contributed by atoms with Crippen molar-refractivity contribution in [1.29, 1.82) is 0 Å². The Balaban J connectivity index is 1.43. The Labute approximate surface area is 127 Å². The van der Waals surface area contributed by atoms with E-state index in [1.165, 1.54) is 10.4 Å². The molecule has 0 aliphatic rings. The summed E-state index contributed by atoms with van der Waals surface area (Å²) in [6.07, 6.45) is 3.91. The highest BCUT2D eigenvalue weighted by atomic mass is 32.1. The third-order valence-electron chi connectivity index (χ3n) is 3.40. The molecule has 0 aliphatic carbocycles. The Morgan fingerprint density at radius 1 is 1.29 bits per heavy atom. The lowest BCUT2D eigenvalue weighted by atomic mass is 10.1. The smallest absolute Gasteiger partial charge is 0.220 e. The first kappa shape index (κ1) is 13.8. The molecule has 0 saturated heterocycles. The molecule has 3 rings (SSSR count). The van der Waals surface area contributed by atoms with Crippen LogP contribution < -0.4 is 5.32 Å². The average Bonchev–Trinajstić information content (AvgIpc) is 3.16. The van der Waals surface area contributed by atoms with Crippen LogP contribution in [0.25, 0.3) is 11.0 Å². The third-order valence-corrected chi connectivity index (χ3v) is 4.34. The number of benzene rings is 1. The molecule has 3 aromatic rings. The molecular formula is C16H17N3OS. The SMILES string of the molecule is O=C(CCc1cccs1)NCCc1ccc2nc[nH]c2c1. The zero-order valence-electron chi connectivity index (χ0n) is 11.6. The number of amides is 1. The molecule has 1 aromatic carbocycles. The van der Waals surface area contributed by atoms with Crippen molar-refractivity contribution in [2.24, 2.45) is 0 Å². The summed E-state index contributed by atoms with van der Waals surface area (Å²) in [6, 6.07) is 10.2. The van der Waals surface area contributed by atoms with E-state index in [9.17, 15) is 4.79 Å². The summed E-state index contributed by atoms with van der Waals surface area (Å²) in [7, 11) is 0. The van der Waals surface area contributed by atoms with Gasteiger partial charge < -0.3 is 10.3 Å². The highest BCUT2D eigenvalue weighted by Gasteiger charge is 2.03. The lowest BCUT2D eigenvalue weighted by molar-refractivity contribution is -0.121. The van der Waals surface area contributed by atoms with E-state index in [0.717, 1.165) is 23.9 Å². The Morgan fingerprint density at radius 2 is 2.24 bits per heavy atom. The van der Waals surface area contributed by atoms with Gasteiger partial charge in [0.25, 0.3) is 0 Å². The van der Waals surface area contributed by atoms with Crippen LogP contribution in [0.2, 0.25) is 0 Å². The largest absolute Gasteiger partial charge is 0.356 e. The van der Waals surface area contributed by atoms with Gasteiger partial charge >= 0.3 is 0 Å². The van der Waals surface area contributed by atoms with Crippen LogP contribution in [-0.2, 0) is 17.6 Å². The van der Waals surface area contributed by atoms with Crippen molar-refractivity contribution in [3.63, 3.8) is 0 Å². The normalized spacial score (nSPS) is 10.9. The molecular weight excluding hydrogens is 282 g/mol. The molecule has 0 saturated carbocycles. The Bertz CT molecular complexity index is 718. The Hall–Kier alpha value is -2.14. The van der Waals surface area contributed by atoms with Crippen LogP contribution in [0.4, 0.5) is 0 Å². The van der Waals surface area contributed by atoms with E-state index in [4.69, 9.17) is 0 Å². The lowest BCUT2D eigenvalue weighted by Gasteiger charge is -2.05. The molecule has 5 heteroatoms. The molecule has 0 aliphatic heterocycles. The number of nitrogens with zero attached hydrogens (tertiary/aromatic N) is 1. The minimum atomic E-state index is 0.117. The fourth-order valence-corrected chi connectivity index (χ4v) is 2.97. The summed E-state index contributed by atoms with van der Waals surface area (Å²) in [5, 5.41) is 5.02. The molecule has 0 spiro atoms. The van der Waals surface area contributed by atoms with E-state index >= 15 is 0 Å². The highest BCUT2D eigenvalue weighted by Crippen LogP contribution is 2.12. The zero-order valence-corrected chi connectivity index (χ0v) is 12.5. The number of fused-ring (bicyclic) bond motifs is 1. The maximum absolute atomic E-state index is 11.8. The number of H-pyrrole nitrogens is 1. The van der Waals surface area contributed by atoms with E-state index < -0.39 is 0 Å². The molecule has 0 atom stereocenters. The second-order valence-electron chi connectivity index (χ2n) is 4.93. The number of nitrogens with one attached hydrogen (secondary N) is 2. The number of aromatic amines is 1. The molecule has 108 valence electrons. The van der Waals surface area contributed by atoms with E-state index in [2.05, 4.69) is 33.5 Å². The van der Waals surface area contributed by atoms with Crippen LogP contribution >= 0.6 is 11.3 Å². The van der Waals surface area contributed by atoms with Gasteiger partial charge in [-0.15, -0.1) is 11.3 Å². The number of rotatable bonds is 6. The summed E-state index contributed by atoms with van der Waals surface area (Å²) in [6.45, 7) is 0.670. The van der Waals surface area contributed by atoms with Gasteiger partial charge in [0.2, 0.25) is 5.91 Å². The summed E-state index contributed by atoms with van der Waals surface area (Å²) >= 11 is 1.70. The topological polar surface area (TPSA) is 57.8 Å². The van der Waals surface area contributed by atoms with Gasteiger partial charge in [-0.3, -0.25) is 4.79 Å². The maximum Gasteiger partial charge on any atom is 0.220 e. The average molecular weight is 299 g/mol. The van der Waals surface area contributed by atoms with Crippen LogP contribution in [0.1, 0.15) is 16.9 Å². The summed E-state index contributed by atoms with van der Waals surface area (Å²) in [5.41, 5.74) is 3.21. The van der Waals surface area contributed by atoms with E-state index in [1.54, 1.807) is 17.7 Å². The van der Waals surface area contributed by atoms with Crippen molar-refractivity contribution in [3.8, 4) is 0 Å². The first-order chi connectivity index (χ1) is 10.3. The van der Waals surface area contributed by atoms with E-state index in [-0.39, 0.29) is 5.91 Å². The quantitative estimate of drug-likeness (QED) is 0.735. The van der Waals surface area contributed by atoms with Gasteiger partial charge in [0.15, 0.2) is 0 Å². The van der Waals surface area contributed by atoms with Crippen LogP contribution in [0, 0.1) is 0 Å². The number of imidazole rings is 1. The molecule has 4 nitrogen and oxygen atoms in total. The molecule has 1 amide bonds.